The van der Waals surface area contributed by atoms with Crippen molar-refractivity contribution in [2.24, 2.45) is 0 Å². The van der Waals surface area contributed by atoms with Crippen LogP contribution in [0.1, 0.15) is 25.6 Å². The third-order valence-electron chi connectivity index (χ3n) is 1.45. The van der Waals surface area contributed by atoms with Gasteiger partial charge >= 0.3 is 0 Å². The average Bonchev–Trinajstić information content (AvgIpc) is 2.05. The van der Waals surface area contributed by atoms with Crippen LogP contribution in [0, 0.1) is 0 Å². The summed E-state index contributed by atoms with van der Waals surface area (Å²) in [6.07, 6.45) is 1.77. The molecule has 1 aromatic rings. The van der Waals surface area contributed by atoms with Crippen molar-refractivity contribution in [2.45, 2.75) is 19.8 Å². The molecule has 0 amide bonds. The quantitative estimate of drug-likeness (QED) is 0.698. The van der Waals surface area contributed by atoms with Crippen LogP contribution < -0.4 is 5.32 Å². The molecule has 1 aromatic heterocycles. The molecule has 1 heterocycles. The molecule has 0 spiro atoms. The van der Waals surface area contributed by atoms with E-state index in [1.165, 1.54) is 0 Å². The maximum Gasteiger partial charge on any atom is 0.133 e. The minimum absolute atomic E-state index is 0.392. The summed E-state index contributed by atoms with van der Waals surface area (Å²) in [7, 11) is 1.85. The minimum Gasteiger partial charge on any atom is -0.373 e. The smallest absolute Gasteiger partial charge is 0.133 e. The minimum atomic E-state index is 0.392. The molecule has 0 aliphatic heterocycles. The van der Waals surface area contributed by atoms with Gasteiger partial charge in [0.2, 0.25) is 0 Å². The Kier molecular flexibility index (Phi) is 2.41. The van der Waals surface area contributed by atoms with E-state index < -0.39 is 0 Å². The molecule has 60 valence electrons. The van der Waals surface area contributed by atoms with E-state index in [-0.39, 0.29) is 0 Å². The number of hydrogen-bond acceptors (Lipinski definition) is 3. The first kappa shape index (κ1) is 7.98. The summed E-state index contributed by atoms with van der Waals surface area (Å²) in [5, 5.41) is 2.97. The topological polar surface area (TPSA) is 37.8 Å². The first-order chi connectivity index (χ1) is 5.24. The Hall–Kier alpha value is -1.12. The summed E-state index contributed by atoms with van der Waals surface area (Å²) in [6.45, 7) is 4.16. The van der Waals surface area contributed by atoms with E-state index in [9.17, 15) is 0 Å². The van der Waals surface area contributed by atoms with Crippen LogP contribution in [0.3, 0.4) is 0 Å². The Morgan fingerprint density at radius 3 is 2.73 bits per heavy atom. The Morgan fingerprint density at radius 2 is 2.18 bits per heavy atom. The fourth-order valence-corrected chi connectivity index (χ4v) is 0.791. The van der Waals surface area contributed by atoms with Gasteiger partial charge in [-0.2, -0.15) is 0 Å². The first-order valence-electron chi connectivity index (χ1n) is 3.74. The van der Waals surface area contributed by atoms with Gasteiger partial charge < -0.3 is 5.32 Å². The summed E-state index contributed by atoms with van der Waals surface area (Å²) in [6, 6.07) is 1.85. The zero-order chi connectivity index (χ0) is 8.27. The number of anilines is 1. The first-order valence-corrected chi connectivity index (χ1v) is 3.74. The molecule has 0 aromatic carbocycles. The highest BCUT2D eigenvalue weighted by Crippen LogP contribution is 2.09. The summed E-state index contributed by atoms with van der Waals surface area (Å²) in [5.41, 5.74) is 0. The number of nitrogens with one attached hydrogen (secondary N) is 1. The summed E-state index contributed by atoms with van der Waals surface area (Å²) < 4.78 is 0. The van der Waals surface area contributed by atoms with Crippen molar-refractivity contribution in [1.82, 2.24) is 9.97 Å². The fourth-order valence-electron chi connectivity index (χ4n) is 0.791. The van der Waals surface area contributed by atoms with Crippen molar-refractivity contribution in [2.75, 3.05) is 12.4 Å². The van der Waals surface area contributed by atoms with E-state index in [1.807, 2.05) is 13.1 Å². The SMILES string of the molecule is CNc1ccnc(C(C)C)n1. The average molecular weight is 151 g/mol. The van der Waals surface area contributed by atoms with E-state index in [4.69, 9.17) is 0 Å². The molecule has 0 unspecified atom stereocenters. The van der Waals surface area contributed by atoms with Crippen molar-refractivity contribution < 1.29 is 0 Å². The lowest BCUT2D eigenvalue weighted by molar-refractivity contribution is 0.775. The zero-order valence-corrected chi connectivity index (χ0v) is 7.13. The van der Waals surface area contributed by atoms with E-state index in [1.54, 1.807) is 6.20 Å². The van der Waals surface area contributed by atoms with Crippen LogP contribution in [0.4, 0.5) is 5.82 Å². The van der Waals surface area contributed by atoms with Crippen molar-refractivity contribution >= 4 is 5.82 Å². The van der Waals surface area contributed by atoms with Crippen LogP contribution in [-0.4, -0.2) is 17.0 Å². The molecule has 0 fully saturated rings. The molecular weight excluding hydrogens is 138 g/mol. The lowest BCUT2D eigenvalue weighted by atomic mass is 10.2. The Labute approximate surface area is 66.9 Å². The normalized spacial score (nSPS) is 10.2. The van der Waals surface area contributed by atoms with Gasteiger partial charge in [-0.05, 0) is 6.07 Å². The third-order valence-corrected chi connectivity index (χ3v) is 1.45. The number of rotatable bonds is 2. The highest BCUT2D eigenvalue weighted by Gasteiger charge is 2.01. The third kappa shape index (κ3) is 1.90. The molecule has 0 aliphatic rings. The summed E-state index contributed by atoms with van der Waals surface area (Å²) in [5.74, 6) is 2.16. The second-order valence-corrected chi connectivity index (χ2v) is 2.70. The van der Waals surface area contributed by atoms with Crippen LogP contribution in [-0.2, 0) is 0 Å². The molecule has 0 bridgehead atoms. The molecule has 1 rings (SSSR count). The monoisotopic (exact) mass is 151 g/mol. The van der Waals surface area contributed by atoms with Crippen LogP contribution in [0.15, 0.2) is 12.3 Å². The predicted molar refractivity (Wildman–Crippen MR) is 45.7 cm³/mol. The summed E-state index contributed by atoms with van der Waals surface area (Å²) >= 11 is 0. The van der Waals surface area contributed by atoms with Crippen LogP contribution in [0.2, 0.25) is 0 Å². The van der Waals surface area contributed by atoms with Gasteiger partial charge in [-0.15, -0.1) is 0 Å². The molecule has 1 N–H and O–H groups in total. The van der Waals surface area contributed by atoms with Crippen LogP contribution in [0.25, 0.3) is 0 Å². The number of hydrogen-bond donors (Lipinski definition) is 1. The van der Waals surface area contributed by atoms with Gasteiger partial charge in [-0.1, -0.05) is 13.8 Å². The molecule has 3 nitrogen and oxygen atoms in total. The highest BCUT2D eigenvalue weighted by atomic mass is 15.0. The Morgan fingerprint density at radius 1 is 1.45 bits per heavy atom. The fraction of sp³-hybridized carbons (Fsp3) is 0.500. The van der Waals surface area contributed by atoms with E-state index in [0.29, 0.717) is 5.92 Å². The molecule has 0 atom stereocenters. The van der Waals surface area contributed by atoms with Crippen LogP contribution >= 0.6 is 0 Å². The second kappa shape index (κ2) is 3.32. The molecule has 3 heteroatoms. The highest BCUT2D eigenvalue weighted by molar-refractivity contribution is 5.31. The van der Waals surface area contributed by atoms with Gasteiger partial charge in [-0.3, -0.25) is 0 Å². The van der Waals surface area contributed by atoms with Gasteiger partial charge in [-0.25, -0.2) is 9.97 Å². The van der Waals surface area contributed by atoms with Gasteiger partial charge in [0.05, 0.1) is 0 Å². The van der Waals surface area contributed by atoms with Gasteiger partial charge in [0, 0.05) is 19.2 Å². The summed E-state index contributed by atoms with van der Waals surface area (Å²) in [4.78, 5) is 8.40. The number of nitrogens with zero attached hydrogens (tertiary/aromatic N) is 2. The Balaban J connectivity index is 2.91. The lowest BCUT2D eigenvalue weighted by Gasteiger charge is -2.04. The van der Waals surface area contributed by atoms with Crippen molar-refractivity contribution in [3.63, 3.8) is 0 Å². The van der Waals surface area contributed by atoms with Crippen molar-refractivity contribution in [3.8, 4) is 0 Å². The van der Waals surface area contributed by atoms with Gasteiger partial charge in [0.1, 0.15) is 11.6 Å². The molecule has 0 radical (unpaired) electrons. The van der Waals surface area contributed by atoms with E-state index >= 15 is 0 Å². The molecular formula is C8H13N3. The van der Waals surface area contributed by atoms with E-state index in [2.05, 4.69) is 29.1 Å². The van der Waals surface area contributed by atoms with Gasteiger partial charge in [0.15, 0.2) is 0 Å². The zero-order valence-electron chi connectivity index (χ0n) is 7.13. The lowest BCUT2D eigenvalue weighted by Crippen LogP contribution is -2.00. The number of aromatic nitrogens is 2. The largest absolute Gasteiger partial charge is 0.373 e. The van der Waals surface area contributed by atoms with Gasteiger partial charge in [0.25, 0.3) is 0 Å². The maximum atomic E-state index is 4.27. The molecule has 0 saturated heterocycles. The molecule has 11 heavy (non-hydrogen) atoms. The molecule has 0 saturated carbocycles. The Bertz CT molecular complexity index is 233. The van der Waals surface area contributed by atoms with Crippen molar-refractivity contribution in [1.29, 1.82) is 0 Å². The maximum absolute atomic E-state index is 4.27. The van der Waals surface area contributed by atoms with Crippen LogP contribution in [0.5, 0.6) is 0 Å². The standard InChI is InChI=1S/C8H13N3/c1-6(2)8-10-5-4-7(9-3)11-8/h4-6H,1-3H3,(H,9,10,11). The second-order valence-electron chi connectivity index (χ2n) is 2.70. The predicted octanol–water partition coefficient (Wildman–Crippen LogP) is 1.64. The van der Waals surface area contributed by atoms with E-state index in [0.717, 1.165) is 11.6 Å². The van der Waals surface area contributed by atoms with Crippen molar-refractivity contribution in [3.05, 3.63) is 18.1 Å². The molecule has 0 aliphatic carbocycles.